The van der Waals surface area contributed by atoms with Crippen LogP contribution in [0.3, 0.4) is 0 Å². The van der Waals surface area contributed by atoms with Crippen molar-refractivity contribution in [2.45, 2.75) is 31.8 Å². The predicted molar refractivity (Wildman–Crippen MR) is 118 cm³/mol. The normalized spacial score (nSPS) is 11.7. The monoisotopic (exact) mass is 432 g/mol. The molecular formula is C21H28N4O4S. The van der Waals surface area contributed by atoms with Crippen LogP contribution in [0.5, 0.6) is 0 Å². The van der Waals surface area contributed by atoms with Gasteiger partial charge in [0.05, 0.1) is 18.6 Å². The summed E-state index contributed by atoms with van der Waals surface area (Å²) in [6.07, 6.45) is 0.695. The van der Waals surface area contributed by atoms with Crippen molar-refractivity contribution in [3.8, 4) is 0 Å². The van der Waals surface area contributed by atoms with Crippen molar-refractivity contribution in [3.05, 3.63) is 59.2 Å². The fourth-order valence-corrected chi connectivity index (χ4v) is 3.76. The SMILES string of the molecule is CCNC(=NCc1ccc(S(C)(=O)=O)c(C)c1)NCc1ccc(NC(=O)OC)cc1. The van der Waals surface area contributed by atoms with E-state index >= 15 is 0 Å². The van der Waals surface area contributed by atoms with Crippen LogP contribution in [0.25, 0.3) is 0 Å². The molecule has 2 aromatic rings. The fourth-order valence-electron chi connectivity index (χ4n) is 2.80. The van der Waals surface area contributed by atoms with E-state index in [0.717, 1.165) is 11.1 Å². The number of benzene rings is 2. The van der Waals surface area contributed by atoms with Crippen LogP contribution in [-0.4, -0.2) is 40.4 Å². The molecule has 8 nitrogen and oxygen atoms in total. The van der Waals surface area contributed by atoms with E-state index in [9.17, 15) is 13.2 Å². The number of methoxy groups -OCH3 is 1. The number of sulfone groups is 1. The minimum atomic E-state index is -3.23. The van der Waals surface area contributed by atoms with E-state index in [-0.39, 0.29) is 0 Å². The van der Waals surface area contributed by atoms with Gasteiger partial charge in [0, 0.05) is 25.0 Å². The molecule has 0 heterocycles. The lowest BCUT2D eigenvalue weighted by atomic mass is 10.1. The Bertz CT molecular complexity index is 1000. The van der Waals surface area contributed by atoms with Gasteiger partial charge < -0.3 is 15.4 Å². The number of carbonyl (C=O) groups is 1. The summed E-state index contributed by atoms with van der Waals surface area (Å²) < 4.78 is 28.1. The van der Waals surface area contributed by atoms with Gasteiger partial charge in [-0.15, -0.1) is 0 Å². The number of ether oxygens (including phenoxy) is 1. The van der Waals surface area contributed by atoms with Crippen molar-refractivity contribution in [2.75, 3.05) is 25.2 Å². The van der Waals surface area contributed by atoms with Gasteiger partial charge in [-0.05, 0) is 48.7 Å². The fraction of sp³-hybridized carbons (Fsp3) is 0.333. The van der Waals surface area contributed by atoms with Crippen LogP contribution in [0, 0.1) is 6.92 Å². The molecule has 0 radical (unpaired) electrons. The summed E-state index contributed by atoms with van der Waals surface area (Å²) >= 11 is 0. The number of aliphatic imine (C=N–C) groups is 1. The van der Waals surface area contributed by atoms with Crippen molar-refractivity contribution in [1.29, 1.82) is 0 Å². The molecule has 3 N–H and O–H groups in total. The molecule has 2 aromatic carbocycles. The number of anilines is 1. The van der Waals surface area contributed by atoms with E-state index in [1.165, 1.54) is 13.4 Å². The molecule has 30 heavy (non-hydrogen) atoms. The highest BCUT2D eigenvalue weighted by Crippen LogP contribution is 2.17. The summed E-state index contributed by atoms with van der Waals surface area (Å²) in [6.45, 7) is 5.44. The van der Waals surface area contributed by atoms with Gasteiger partial charge in [0.1, 0.15) is 0 Å². The molecule has 0 saturated heterocycles. The van der Waals surface area contributed by atoms with E-state index in [0.29, 0.717) is 41.7 Å². The number of nitrogens with zero attached hydrogens (tertiary/aromatic N) is 1. The summed E-state index contributed by atoms with van der Waals surface area (Å²) in [5.74, 6) is 0.652. The van der Waals surface area contributed by atoms with Crippen molar-refractivity contribution in [3.63, 3.8) is 0 Å². The Morgan fingerprint density at radius 1 is 1.07 bits per heavy atom. The number of aryl methyl sites for hydroxylation is 1. The minimum Gasteiger partial charge on any atom is -0.453 e. The van der Waals surface area contributed by atoms with Crippen molar-refractivity contribution in [2.24, 2.45) is 4.99 Å². The van der Waals surface area contributed by atoms with Gasteiger partial charge in [0.2, 0.25) is 0 Å². The largest absolute Gasteiger partial charge is 0.453 e. The number of carbonyl (C=O) groups excluding carboxylic acids is 1. The van der Waals surface area contributed by atoms with Crippen LogP contribution >= 0.6 is 0 Å². The second-order valence-corrected chi connectivity index (χ2v) is 8.72. The molecular weight excluding hydrogens is 404 g/mol. The third-order valence-corrected chi connectivity index (χ3v) is 5.51. The molecule has 0 unspecified atom stereocenters. The van der Waals surface area contributed by atoms with Crippen LogP contribution in [0.15, 0.2) is 52.4 Å². The quantitative estimate of drug-likeness (QED) is 0.459. The molecule has 0 bridgehead atoms. The molecule has 0 atom stereocenters. The predicted octanol–water partition coefficient (Wildman–Crippen LogP) is 2.83. The van der Waals surface area contributed by atoms with E-state index in [1.54, 1.807) is 31.2 Å². The maximum Gasteiger partial charge on any atom is 0.411 e. The Morgan fingerprint density at radius 2 is 1.73 bits per heavy atom. The summed E-state index contributed by atoms with van der Waals surface area (Å²) in [5, 5.41) is 9.05. The number of rotatable bonds is 7. The average Bonchev–Trinajstić information content (AvgIpc) is 2.70. The molecule has 1 amide bonds. The third kappa shape index (κ3) is 7.07. The lowest BCUT2D eigenvalue weighted by molar-refractivity contribution is 0.187. The van der Waals surface area contributed by atoms with Crippen molar-refractivity contribution in [1.82, 2.24) is 10.6 Å². The average molecular weight is 433 g/mol. The van der Waals surface area contributed by atoms with Gasteiger partial charge >= 0.3 is 6.09 Å². The number of hydrogen-bond donors (Lipinski definition) is 3. The van der Waals surface area contributed by atoms with Gasteiger partial charge in [-0.25, -0.2) is 18.2 Å². The molecule has 0 aromatic heterocycles. The summed E-state index contributed by atoms with van der Waals surface area (Å²) in [4.78, 5) is 16.1. The number of amides is 1. The molecule has 162 valence electrons. The van der Waals surface area contributed by atoms with Crippen LogP contribution in [0.4, 0.5) is 10.5 Å². The van der Waals surface area contributed by atoms with Crippen molar-refractivity contribution < 1.29 is 17.9 Å². The van der Waals surface area contributed by atoms with Gasteiger partial charge in [0.25, 0.3) is 0 Å². The zero-order valence-electron chi connectivity index (χ0n) is 17.7. The molecule has 0 fully saturated rings. The van der Waals surface area contributed by atoms with Crippen LogP contribution in [0.1, 0.15) is 23.6 Å². The number of nitrogens with one attached hydrogen (secondary N) is 3. The van der Waals surface area contributed by atoms with Gasteiger partial charge in [-0.3, -0.25) is 5.32 Å². The lowest BCUT2D eigenvalue weighted by Crippen LogP contribution is -2.36. The van der Waals surface area contributed by atoms with Crippen LogP contribution in [-0.2, 0) is 27.7 Å². The highest BCUT2D eigenvalue weighted by molar-refractivity contribution is 7.90. The van der Waals surface area contributed by atoms with Crippen LogP contribution in [0.2, 0.25) is 0 Å². The van der Waals surface area contributed by atoms with E-state index in [4.69, 9.17) is 0 Å². The van der Waals surface area contributed by atoms with E-state index < -0.39 is 15.9 Å². The Hall–Kier alpha value is -3.07. The molecule has 0 spiro atoms. The second-order valence-electron chi connectivity index (χ2n) is 6.73. The molecule has 0 aliphatic carbocycles. The minimum absolute atomic E-state index is 0.338. The maximum absolute atomic E-state index is 11.8. The molecule has 0 aliphatic rings. The van der Waals surface area contributed by atoms with E-state index in [1.807, 2.05) is 25.1 Å². The summed E-state index contributed by atoms with van der Waals surface area (Å²) in [6, 6.07) is 12.6. The summed E-state index contributed by atoms with van der Waals surface area (Å²) in [5.41, 5.74) is 3.31. The number of guanidine groups is 1. The molecule has 9 heteroatoms. The maximum atomic E-state index is 11.8. The Balaban J connectivity index is 2.01. The first-order chi connectivity index (χ1) is 14.2. The zero-order chi connectivity index (χ0) is 22.1. The molecule has 0 saturated carbocycles. The van der Waals surface area contributed by atoms with Gasteiger partial charge in [-0.1, -0.05) is 24.3 Å². The molecule has 2 rings (SSSR count). The Labute approximate surface area is 177 Å². The van der Waals surface area contributed by atoms with Gasteiger partial charge in [0.15, 0.2) is 15.8 Å². The second kappa shape index (κ2) is 10.6. The first kappa shape index (κ1) is 23.2. The highest BCUT2D eigenvalue weighted by atomic mass is 32.2. The van der Waals surface area contributed by atoms with Crippen molar-refractivity contribution >= 4 is 27.6 Å². The third-order valence-electron chi connectivity index (χ3n) is 4.25. The number of hydrogen-bond acceptors (Lipinski definition) is 5. The smallest absolute Gasteiger partial charge is 0.411 e. The topological polar surface area (TPSA) is 109 Å². The first-order valence-corrected chi connectivity index (χ1v) is 11.4. The molecule has 0 aliphatic heterocycles. The lowest BCUT2D eigenvalue weighted by Gasteiger charge is -2.12. The van der Waals surface area contributed by atoms with Crippen LogP contribution < -0.4 is 16.0 Å². The Morgan fingerprint density at radius 3 is 2.30 bits per heavy atom. The summed E-state index contributed by atoms with van der Waals surface area (Å²) in [7, 11) is -1.92. The highest BCUT2D eigenvalue weighted by Gasteiger charge is 2.10. The standard InChI is InChI=1S/C21H28N4O4S/c1-5-22-20(23-13-16-6-9-18(10-7-16)25-21(26)29-3)24-14-17-8-11-19(15(2)12-17)30(4,27)28/h6-12H,5,13-14H2,1-4H3,(H,25,26)(H2,22,23,24). The van der Waals surface area contributed by atoms with Gasteiger partial charge in [-0.2, -0.15) is 0 Å². The first-order valence-electron chi connectivity index (χ1n) is 9.48. The zero-order valence-corrected chi connectivity index (χ0v) is 18.5. The van der Waals surface area contributed by atoms with E-state index in [2.05, 4.69) is 25.7 Å². The Kier molecular flexibility index (Phi) is 8.23.